The van der Waals surface area contributed by atoms with E-state index < -0.39 is 26.8 Å². The molecule has 0 unspecified atom stereocenters. The number of nitro benzene ring substituents is 1. The van der Waals surface area contributed by atoms with Gasteiger partial charge in [-0.15, -0.1) is 0 Å². The van der Waals surface area contributed by atoms with Gasteiger partial charge in [-0.1, -0.05) is 12.1 Å². The van der Waals surface area contributed by atoms with E-state index in [1.165, 1.54) is 49.9 Å². The summed E-state index contributed by atoms with van der Waals surface area (Å²) in [5.74, 6) is -0.505. The summed E-state index contributed by atoms with van der Waals surface area (Å²) in [7, 11) is -2.71. The van der Waals surface area contributed by atoms with Gasteiger partial charge in [0.1, 0.15) is 18.2 Å². The van der Waals surface area contributed by atoms with Gasteiger partial charge in [-0.05, 0) is 54.9 Å². The van der Waals surface area contributed by atoms with Crippen molar-refractivity contribution in [3.63, 3.8) is 0 Å². The quantitative estimate of drug-likeness (QED) is 0.270. The lowest BCUT2D eigenvalue weighted by atomic mass is 9.97. The summed E-state index contributed by atoms with van der Waals surface area (Å²) in [4.78, 5) is 18.9. The zero-order chi connectivity index (χ0) is 25.9. The van der Waals surface area contributed by atoms with Crippen LogP contribution in [0.25, 0.3) is 10.9 Å². The highest BCUT2D eigenvalue weighted by atomic mass is 32.2. The number of benzene rings is 3. The fourth-order valence-electron chi connectivity index (χ4n) is 3.89. The van der Waals surface area contributed by atoms with Crippen molar-refractivity contribution in [2.75, 3.05) is 12.4 Å². The number of hydrogen-bond donors (Lipinski definition) is 2. The Morgan fingerprint density at radius 2 is 2.00 bits per heavy atom. The molecule has 0 fully saturated rings. The third kappa shape index (κ3) is 4.97. The Hall–Kier alpha value is -4.47. The number of anilines is 1. The zero-order valence-corrected chi connectivity index (χ0v) is 19.7. The topological polar surface area (TPSA) is 151 Å². The van der Waals surface area contributed by atoms with Gasteiger partial charge in [0.2, 0.25) is 10.0 Å². The molecule has 182 valence electrons. The summed E-state index contributed by atoms with van der Waals surface area (Å²) in [5.41, 5.74) is 1.61. The van der Waals surface area contributed by atoms with Gasteiger partial charge in [-0.2, -0.15) is 5.26 Å². The third-order valence-corrected chi connectivity index (χ3v) is 7.13. The first kappa shape index (κ1) is 24.6. The number of nitrogens with one attached hydrogen (secondary N) is 2. The van der Waals surface area contributed by atoms with E-state index in [9.17, 15) is 28.2 Å². The highest BCUT2D eigenvalue weighted by molar-refractivity contribution is 7.89. The average molecular weight is 507 g/mol. The normalized spacial score (nSPS) is 12.1. The lowest BCUT2D eigenvalue weighted by Gasteiger charge is -2.23. The number of non-ortho nitro benzene ring substituents is 1. The van der Waals surface area contributed by atoms with Crippen molar-refractivity contribution in [2.24, 2.45) is 0 Å². The molecule has 1 heterocycles. The van der Waals surface area contributed by atoms with Crippen molar-refractivity contribution in [2.45, 2.75) is 17.4 Å². The number of hydrogen-bond acceptors (Lipinski definition) is 8. The Labute approximate surface area is 205 Å². The maximum atomic E-state index is 14.2. The minimum atomic E-state index is -3.95. The van der Waals surface area contributed by atoms with Crippen molar-refractivity contribution in [1.29, 1.82) is 5.26 Å². The number of halogens is 1. The minimum absolute atomic E-state index is 0.0451. The van der Waals surface area contributed by atoms with E-state index in [0.717, 1.165) is 6.07 Å². The molecule has 4 rings (SSSR count). The van der Waals surface area contributed by atoms with Gasteiger partial charge < -0.3 is 5.32 Å². The molecule has 36 heavy (non-hydrogen) atoms. The van der Waals surface area contributed by atoms with Crippen LogP contribution in [0.2, 0.25) is 0 Å². The average Bonchev–Trinajstić information content (AvgIpc) is 2.88. The van der Waals surface area contributed by atoms with Crippen LogP contribution in [0.4, 0.5) is 15.8 Å². The molecule has 0 aliphatic carbocycles. The molecule has 0 bridgehead atoms. The van der Waals surface area contributed by atoms with Gasteiger partial charge in [-0.25, -0.2) is 27.5 Å². The van der Waals surface area contributed by atoms with Crippen LogP contribution in [0.1, 0.15) is 22.7 Å². The molecule has 3 aromatic carbocycles. The smallest absolute Gasteiger partial charge is 0.269 e. The van der Waals surface area contributed by atoms with Crippen molar-refractivity contribution in [3.8, 4) is 6.07 Å². The van der Waals surface area contributed by atoms with Gasteiger partial charge in [0.05, 0.1) is 26.9 Å². The molecular weight excluding hydrogens is 487 g/mol. The Morgan fingerprint density at radius 1 is 1.19 bits per heavy atom. The van der Waals surface area contributed by atoms with Gasteiger partial charge in [0, 0.05) is 29.4 Å². The van der Waals surface area contributed by atoms with Crippen LogP contribution in [0, 0.1) is 27.3 Å². The molecule has 2 N–H and O–H groups in total. The first-order valence-corrected chi connectivity index (χ1v) is 12.1. The largest absolute Gasteiger partial charge is 0.377 e. The molecular formula is C24H19FN6O4S. The van der Waals surface area contributed by atoms with E-state index in [2.05, 4.69) is 26.1 Å². The zero-order valence-electron chi connectivity index (χ0n) is 18.8. The second-order valence-corrected chi connectivity index (χ2v) is 9.63. The van der Waals surface area contributed by atoms with Gasteiger partial charge in [-0.3, -0.25) is 10.1 Å². The fourth-order valence-corrected chi connectivity index (χ4v) is 4.84. The van der Waals surface area contributed by atoms with Gasteiger partial charge in [0.25, 0.3) is 5.69 Å². The first-order chi connectivity index (χ1) is 17.2. The molecule has 0 radical (unpaired) electrons. The van der Waals surface area contributed by atoms with E-state index in [4.69, 9.17) is 0 Å². The summed E-state index contributed by atoms with van der Waals surface area (Å²) in [6.07, 6.45) is 2.80. The van der Waals surface area contributed by atoms with Crippen molar-refractivity contribution >= 4 is 32.3 Å². The second-order valence-electron chi connectivity index (χ2n) is 7.77. The molecule has 1 aromatic heterocycles. The molecule has 4 aromatic rings. The molecule has 0 amide bonds. The molecule has 12 heteroatoms. The van der Waals surface area contributed by atoms with Crippen LogP contribution >= 0.6 is 0 Å². The SMILES string of the molecule is CNS(=O)(=O)c1ccc([N+](=O)[O-])cc1C[C@H](Nc1ccc(C#N)c2ncncc12)c1cccc(F)c1. The predicted octanol–water partition coefficient (Wildman–Crippen LogP) is 3.85. The Balaban J connectivity index is 1.86. The minimum Gasteiger partial charge on any atom is -0.377 e. The van der Waals surface area contributed by atoms with Crippen LogP contribution in [0.15, 0.2) is 72.0 Å². The standard InChI is InChI=1S/C24H19FN6O4S/c1-27-36(34,35)23-8-6-19(31(32)33)10-17(23)11-22(15-3-2-4-18(25)9-15)30-21-7-5-16(12-26)24-20(21)13-28-14-29-24/h2-10,13-14,22,27,30H,11H2,1H3/t22-/m0/s1. The van der Waals surface area contributed by atoms with E-state index in [0.29, 0.717) is 27.7 Å². The molecule has 0 saturated heterocycles. The molecule has 0 aliphatic rings. The maximum Gasteiger partial charge on any atom is 0.269 e. The number of nitro groups is 1. The lowest BCUT2D eigenvalue weighted by Crippen LogP contribution is -2.22. The van der Waals surface area contributed by atoms with E-state index >= 15 is 0 Å². The van der Waals surface area contributed by atoms with Crippen LogP contribution in [-0.4, -0.2) is 30.4 Å². The first-order valence-electron chi connectivity index (χ1n) is 10.6. The van der Waals surface area contributed by atoms with E-state index in [1.807, 2.05) is 0 Å². The predicted molar refractivity (Wildman–Crippen MR) is 130 cm³/mol. The molecule has 10 nitrogen and oxygen atoms in total. The third-order valence-electron chi connectivity index (χ3n) is 5.61. The van der Waals surface area contributed by atoms with Crippen molar-refractivity contribution in [1.82, 2.24) is 14.7 Å². The lowest BCUT2D eigenvalue weighted by molar-refractivity contribution is -0.385. The van der Waals surface area contributed by atoms with E-state index in [1.54, 1.807) is 18.2 Å². The number of nitrogens with zero attached hydrogens (tertiary/aromatic N) is 4. The summed E-state index contributed by atoms with van der Waals surface area (Å²) in [5, 5.41) is 24.6. The number of nitriles is 1. The summed E-state index contributed by atoms with van der Waals surface area (Å²) in [6, 6.07) is 13.8. The summed E-state index contributed by atoms with van der Waals surface area (Å²) in [6.45, 7) is 0. The Morgan fingerprint density at radius 3 is 2.69 bits per heavy atom. The number of rotatable bonds is 8. The van der Waals surface area contributed by atoms with Crippen LogP contribution in [0.5, 0.6) is 0 Å². The highest BCUT2D eigenvalue weighted by Gasteiger charge is 2.24. The summed E-state index contributed by atoms with van der Waals surface area (Å²) < 4.78 is 41.7. The number of sulfonamides is 1. The van der Waals surface area contributed by atoms with Gasteiger partial charge >= 0.3 is 0 Å². The van der Waals surface area contributed by atoms with Crippen LogP contribution < -0.4 is 10.0 Å². The van der Waals surface area contributed by atoms with Crippen LogP contribution in [-0.2, 0) is 16.4 Å². The Bertz CT molecular complexity index is 1620. The van der Waals surface area contributed by atoms with Crippen LogP contribution in [0.3, 0.4) is 0 Å². The monoisotopic (exact) mass is 506 g/mol. The van der Waals surface area contributed by atoms with Gasteiger partial charge in [0.15, 0.2) is 0 Å². The van der Waals surface area contributed by atoms with Crippen molar-refractivity contribution < 1.29 is 17.7 Å². The number of fused-ring (bicyclic) bond motifs is 1. The molecule has 0 spiro atoms. The van der Waals surface area contributed by atoms with Crippen molar-refractivity contribution in [3.05, 3.63) is 99.7 Å². The Kier molecular flexibility index (Phi) is 6.86. The summed E-state index contributed by atoms with van der Waals surface area (Å²) >= 11 is 0. The highest BCUT2D eigenvalue weighted by Crippen LogP contribution is 2.32. The maximum absolute atomic E-state index is 14.2. The fraction of sp³-hybridized carbons (Fsp3) is 0.125. The number of aromatic nitrogens is 2. The molecule has 1 atom stereocenters. The molecule has 0 saturated carbocycles. The second kappa shape index (κ2) is 10.0. The van der Waals surface area contributed by atoms with E-state index in [-0.39, 0.29) is 22.6 Å². The molecule has 0 aliphatic heterocycles.